The van der Waals surface area contributed by atoms with Crippen LogP contribution in [0.25, 0.3) is 0 Å². The maximum Gasteiger partial charge on any atom is 0.231 e. The number of fused-ring (bicyclic) bond motifs is 3. The average molecular weight is 313 g/mol. The molecule has 0 saturated carbocycles. The van der Waals surface area contributed by atoms with Gasteiger partial charge < -0.3 is 14.2 Å². The van der Waals surface area contributed by atoms with Crippen molar-refractivity contribution in [1.29, 1.82) is 0 Å². The summed E-state index contributed by atoms with van der Waals surface area (Å²) in [6.45, 7) is 4.96. The van der Waals surface area contributed by atoms with Crippen LogP contribution in [-0.2, 0) is 11.2 Å². The predicted octanol–water partition coefficient (Wildman–Crippen LogP) is 3.07. The van der Waals surface area contributed by atoms with E-state index in [2.05, 4.69) is 30.0 Å². The zero-order valence-corrected chi connectivity index (χ0v) is 13.8. The summed E-state index contributed by atoms with van der Waals surface area (Å²) in [4.78, 5) is 2.69. The van der Waals surface area contributed by atoms with Crippen molar-refractivity contribution >= 4 is 0 Å². The van der Waals surface area contributed by atoms with Gasteiger partial charge in [0, 0.05) is 18.4 Å². The van der Waals surface area contributed by atoms with Crippen LogP contribution in [0.5, 0.6) is 11.5 Å². The van der Waals surface area contributed by atoms with E-state index in [-0.39, 0.29) is 5.54 Å². The molecule has 3 heterocycles. The van der Waals surface area contributed by atoms with E-state index >= 15 is 0 Å². The van der Waals surface area contributed by atoms with E-state index in [1.807, 2.05) is 7.11 Å². The number of hydrogen-bond donors (Lipinski definition) is 0. The summed E-state index contributed by atoms with van der Waals surface area (Å²) in [7, 11) is 1.81. The third kappa shape index (κ3) is 1.70. The molecule has 0 aromatic heterocycles. The number of ether oxygens (including phenoxy) is 3. The Kier molecular flexibility index (Phi) is 2.79. The smallest absolute Gasteiger partial charge is 0.231 e. The molecule has 4 heteroatoms. The lowest BCUT2D eigenvalue weighted by Crippen LogP contribution is -2.45. The van der Waals surface area contributed by atoms with Crippen LogP contribution < -0.4 is 9.47 Å². The first-order chi connectivity index (χ1) is 11.2. The van der Waals surface area contributed by atoms with Crippen LogP contribution in [0.15, 0.2) is 24.0 Å². The molecule has 2 unspecified atom stereocenters. The van der Waals surface area contributed by atoms with Gasteiger partial charge in [-0.05, 0) is 55.1 Å². The second-order valence-corrected chi connectivity index (χ2v) is 7.25. The Morgan fingerprint density at radius 3 is 2.87 bits per heavy atom. The fourth-order valence-electron chi connectivity index (χ4n) is 5.36. The quantitative estimate of drug-likeness (QED) is 0.797. The van der Waals surface area contributed by atoms with Crippen LogP contribution in [0, 0.1) is 5.92 Å². The van der Waals surface area contributed by atoms with Gasteiger partial charge in [-0.25, -0.2) is 0 Å². The maximum atomic E-state index is 5.75. The highest BCUT2D eigenvalue weighted by Crippen LogP contribution is 2.56. The molecule has 1 aliphatic carbocycles. The van der Waals surface area contributed by atoms with E-state index in [1.165, 1.54) is 30.5 Å². The van der Waals surface area contributed by atoms with Gasteiger partial charge >= 0.3 is 0 Å². The molecule has 0 amide bonds. The van der Waals surface area contributed by atoms with Gasteiger partial charge in [0.25, 0.3) is 0 Å². The molecule has 4 aliphatic rings. The number of benzene rings is 1. The number of allylic oxidation sites excluding steroid dienone is 1. The molecule has 1 saturated heterocycles. The predicted molar refractivity (Wildman–Crippen MR) is 86.8 cm³/mol. The summed E-state index contributed by atoms with van der Waals surface area (Å²) in [5, 5.41) is 0. The van der Waals surface area contributed by atoms with Crippen molar-refractivity contribution in [2.75, 3.05) is 27.0 Å². The van der Waals surface area contributed by atoms with E-state index in [0.717, 1.165) is 30.2 Å². The van der Waals surface area contributed by atoms with Crippen LogP contribution >= 0.6 is 0 Å². The molecule has 0 radical (unpaired) electrons. The molecule has 3 atom stereocenters. The fraction of sp³-hybridized carbons (Fsp3) is 0.579. The minimum atomic E-state index is 0.129. The van der Waals surface area contributed by atoms with E-state index < -0.39 is 0 Å². The van der Waals surface area contributed by atoms with E-state index in [4.69, 9.17) is 14.2 Å². The number of nitrogens with zero attached hydrogens (tertiary/aromatic N) is 1. The van der Waals surface area contributed by atoms with Crippen LogP contribution in [0.3, 0.4) is 0 Å². The van der Waals surface area contributed by atoms with Crippen molar-refractivity contribution in [2.24, 2.45) is 5.92 Å². The molecule has 5 rings (SSSR count). The molecule has 0 N–H and O–H groups in total. The fourth-order valence-corrected chi connectivity index (χ4v) is 5.36. The van der Waals surface area contributed by atoms with E-state index in [9.17, 15) is 0 Å². The molecule has 1 fully saturated rings. The number of hydrogen-bond acceptors (Lipinski definition) is 4. The lowest BCUT2D eigenvalue weighted by molar-refractivity contribution is 0.154. The largest absolute Gasteiger partial charge is 0.501 e. The van der Waals surface area contributed by atoms with Crippen LogP contribution in [0.4, 0.5) is 0 Å². The van der Waals surface area contributed by atoms with Gasteiger partial charge in [0.15, 0.2) is 11.5 Å². The van der Waals surface area contributed by atoms with Gasteiger partial charge in [-0.1, -0.05) is 6.92 Å². The van der Waals surface area contributed by atoms with Crippen LogP contribution in [0.1, 0.15) is 36.8 Å². The number of rotatable bonds is 1. The molecule has 1 aromatic carbocycles. The molecule has 1 aromatic rings. The van der Waals surface area contributed by atoms with E-state index in [1.54, 1.807) is 0 Å². The summed E-state index contributed by atoms with van der Waals surface area (Å²) in [6, 6.07) is 4.46. The minimum Gasteiger partial charge on any atom is -0.501 e. The van der Waals surface area contributed by atoms with Gasteiger partial charge in [-0.3, -0.25) is 4.90 Å². The third-order valence-electron chi connectivity index (χ3n) is 6.33. The highest BCUT2D eigenvalue weighted by molar-refractivity contribution is 5.53. The summed E-state index contributed by atoms with van der Waals surface area (Å²) in [6.07, 6.45) is 6.02. The summed E-state index contributed by atoms with van der Waals surface area (Å²) in [5.74, 6) is 3.81. The Bertz CT molecular complexity index is 698. The van der Waals surface area contributed by atoms with Crippen molar-refractivity contribution in [3.8, 4) is 11.5 Å². The van der Waals surface area contributed by atoms with Crippen molar-refractivity contribution in [3.63, 3.8) is 0 Å². The highest BCUT2D eigenvalue weighted by Gasteiger charge is 2.55. The Balaban J connectivity index is 1.70. The summed E-state index contributed by atoms with van der Waals surface area (Å²) >= 11 is 0. The Morgan fingerprint density at radius 1 is 1.22 bits per heavy atom. The lowest BCUT2D eigenvalue weighted by atomic mass is 9.75. The van der Waals surface area contributed by atoms with E-state index in [0.29, 0.717) is 18.6 Å². The summed E-state index contributed by atoms with van der Waals surface area (Å²) in [5.41, 5.74) is 2.99. The van der Waals surface area contributed by atoms with Crippen molar-refractivity contribution in [3.05, 3.63) is 35.1 Å². The van der Waals surface area contributed by atoms with Crippen LogP contribution in [-0.4, -0.2) is 37.4 Å². The molecular weight excluding hydrogens is 290 g/mol. The molecule has 4 nitrogen and oxygen atoms in total. The topological polar surface area (TPSA) is 30.9 Å². The Morgan fingerprint density at radius 2 is 2.04 bits per heavy atom. The van der Waals surface area contributed by atoms with Gasteiger partial charge in [0.1, 0.15) is 0 Å². The summed E-state index contributed by atoms with van der Waals surface area (Å²) < 4.78 is 17.0. The maximum absolute atomic E-state index is 5.75. The highest BCUT2D eigenvalue weighted by atomic mass is 16.7. The minimum absolute atomic E-state index is 0.129. The van der Waals surface area contributed by atoms with Gasteiger partial charge in [0.2, 0.25) is 6.79 Å². The number of methoxy groups -OCH3 is 1. The molecule has 0 bridgehead atoms. The van der Waals surface area contributed by atoms with Crippen molar-refractivity contribution in [2.45, 2.75) is 37.6 Å². The SMILES string of the molecule is COC1=C[C@]23CCCN2CCc2cc4c(cc2C3C1C)OCO4. The zero-order valence-electron chi connectivity index (χ0n) is 13.8. The normalized spacial score (nSPS) is 34.4. The first kappa shape index (κ1) is 13.7. The average Bonchev–Trinajstić information content (AvgIpc) is 3.21. The van der Waals surface area contributed by atoms with Gasteiger partial charge in [-0.2, -0.15) is 0 Å². The van der Waals surface area contributed by atoms with Gasteiger partial charge in [0.05, 0.1) is 18.4 Å². The molecule has 1 spiro atoms. The molecule has 23 heavy (non-hydrogen) atoms. The Hall–Kier alpha value is -1.68. The van der Waals surface area contributed by atoms with Crippen molar-refractivity contribution in [1.82, 2.24) is 4.90 Å². The monoisotopic (exact) mass is 313 g/mol. The molecular formula is C19H23NO3. The first-order valence-corrected chi connectivity index (χ1v) is 8.67. The standard InChI is InChI=1S/C19H23NO3/c1-12-17(21-2)10-19-5-3-6-20(19)7-4-13-8-15-16(23-11-22-15)9-14(13)18(12)19/h8-10,12,18H,3-7,11H2,1-2H3/t12?,18?,19-/m0/s1. The Labute approximate surface area is 137 Å². The van der Waals surface area contributed by atoms with Gasteiger partial charge in [-0.15, -0.1) is 0 Å². The second kappa shape index (κ2) is 4.67. The zero-order chi connectivity index (χ0) is 15.6. The molecule has 3 aliphatic heterocycles. The lowest BCUT2D eigenvalue weighted by Gasteiger charge is -2.39. The molecule has 122 valence electrons. The first-order valence-electron chi connectivity index (χ1n) is 8.67. The van der Waals surface area contributed by atoms with Crippen LogP contribution in [0.2, 0.25) is 0 Å². The second-order valence-electron chi connectivity index (χ2n) is 7.25. The third-order valence-corrected chi connectivity index (χ3v) is 6.33. The van der Waals surface area contributed by atoms with Crippen molar-refractivity contribution < 1.29 is 14.2 Å².